The number of pyridine rings is 2. The summed E-state index contributed by atoms with van der Waals surface area (Å²) in [6, 6.07) is 22.4. The highest BCUT2D eigenvalue weighted by atomic mass is 16.5. The Labute approximate surface area is 160 Å². The molecule has 1 N–H and O–H groups in total. The lowest BCUT2D eigenvalue weighted by Crippen LogP contribution is -2.18. The van der Waals surface area contributed by atoms with E-state index in [0.717, 1.165) is 27.6 Å². The third-order valence-corrected chi connectivity index (χ3v) is 4.59. The van der Waals surface area contributed by atoms with Gasteiger partial charge in [0.15, 0.2) is 0 Å². The molecular formula is C22H16N4O2. The van der Waals surface area contributed by atoms with Crippen LogP contribution in [0.4, 0.5) is 0 Å². The number of nitrogens with zero attached hydrogens (tertiary/aromatic N) is 3. The fourth-order valence-electron chi connectivity index (χ4n) is 3.27. The number of fused-ring (bicyclic) bond motifs is 2. The van der Waals surface area contributed by atoms with Gasteiger partial charge >= 0.3 is 0 Å². The van der Waals surface area contributed by atoms with Crippen LogP contribution in [0.1, 0.15) is 5.69 Å². The molecule has 0 aliphatic rings. The van der Waals surface area contributed by atoms with Gasteiger partial charge < -0.3 is 9.72 Å². The van der Waals surface area contributed by atoms with Gasteiger partial charge in [-0.3, -0.25) is 9.78 Å². The van der Waals surface area contributed by atoms with Gasteiger partial charge in [-0.05, 0) is 42.5 Å². The van der Waals surface area contributed by atoms with Crippen LogP contribution in [0.15, 0.2) is 83.8 Å². The lowest BCUT2D eigenvalue weighted by Gasteiger charge is -2.12. The molecule has 0 aliphatic carbocycles. The van der Waals surface area contributed by atoms with Crippen molar-refractivity contribution in [2.24, 2.45) is 0 Å². The van der Waals surface area contributed by atoms with Crippen molar-refractivity contribution in [2.45, 2.75) is 6.61 Å². The van der Waals surface area contributed by atoms with Crippen molar-refractivity contribution in [1.82, 2.24) is 19.5 Å². The molecule has 0 amide bonds. The van der Waals surface area contributed by atoms with Crippen LogP contribution in [0.3, 0.4) is 0 Å². The Hall–Kier alpha value is -3.93. The number of aromatic amines is 1. The van der Waals surface area contributed by atoms with Gasteiger partial charge in [-0.1, -0.05) is 24.3 Å². The van der Waals surface area contributed by atoms with Crippen LogP contribution in [0.5, 0.6) is 5.75 Å². The molecule has 3 heterocycles. The minimum Gasteiger partial charge on any atom is -0.487 e. The number of ether oxygens (including phenoxy) is 1. The molecule has 0 saturated heterocycles. The second-order valence-corrected chi connectivity index (χ2v) is 6.38. The SMILES string of the molecule is O=c1ccc2c(OCc3ccccn3)cccc2n1-c1nc2ccccc2[nH]1. The average molecular weight is 368 g/mol. The highest BCUT2D eigenvalue weighted by Gasteiger charge is 2.12. The summed E-state index contributed by atoms with van der Waals surface area (Å²) in [5.41, 5.74) is 3.09. The van der Waals surface area contributed by atoms with Crippen molar-refractivity contribution in [1.29, 1.82) is 0 Å². The van der Waals surface area contributed by atoms with Crippen LogP contribution < -0.4 is 10.3 Å². The fourth-order valence-corrected chi connectivity index (χ4v) is 3.27. The number of hydrogen-bond donors (Lipinski definition) is 1. The molecule has 2 aromatic carbocycles. The smallest absolute Gasteiger partial charge is 0.257 e. The number of H-pyrrole nitrogens is 1. The molecule has 28 heavy (non-hydrogen) atoms. The van der Waals surface area contributed by atoms with Crippen LogP contribution in [0.2, 0.25) is 0 Å². The Bertz CT molecular complexity index is 1310. The summed E-state index contributed by atoms with van der Waals surface area (Å²) in [6.07, 6.45) is 1.74. The Balaban J connectivity index is 1.62. The molecule has 0 spiro atoms. The third kappa shape index (κ3) is 2.81. The van der Waals surface area contributed by atoms with Gasteiger partial charge in [0.2, 0.25) is 5.95 Å². The topological polar surface area (TPSA) is 72.8 Å². The van der Waals surface area contributed by atoms with E-state index in [1.165, 1.54) is 6.07 Å². The zero-order valence-corrected chi connectivity index (χ0v) is 14.9. The number of nitrogens with one attached hydrogen (secondary N) is 1. The van der Waals surface area contributed by atoms with Crippen molar-refractivity contribution >= 4 is 21.9 Å². The monoisotopic (exact) mass is 368 g/mol. The highest BCUT2D eigenvalue weighted by Crippen LogP contribution is 2.26. The summed E-state index contributed by atoms with van der Waals surface area (Å²) < 4.78 is 7.56. The molecule has 5 aromatic rings. The molecule has 5 rings (SSSR count). The van der Waals surface area contributed by atoms with Crippen molar-refractivity contribution in [2.75, 3.05) is 0 Å². The molecule has 0 saturated carbocycles. The quantitative estimate of drug-likeness (QED) is 0.523. The lowest BCUT2D eigenvalue weighted by molar-refractivity contribution is 0.305. The third-order valence-electron chi connectivity index (χ3n) is 4.59. The summed E-state index contributed by atoms with van der Waals surface area (Å²) >= 11 is 0. The number of rotatable bonds is 4. The van der Waals surface area contributed by atoms with E-state index >= 15 is 0 Å². The van der Waals surface area contributed by atoms with Crippen molar-refractivity contribution < 1.29 is 4.74 Å². The number of hydrogen-bond acceptors (Lipinski definition) is 4. The zero-order valence-electron chi connectivity index (χ0n) is 14.9. The predicted molar refractivity (Wildman–Crippen MR) is 108 cm³/mol. The molecule has 136 valence electrons. The van der Waals surface area contributed by atoms with E-state index in [0.29, 0.717) is 18.3 Å². The first-order valence-electron chi connectivity index (χ1n) is 8.92. The molecule has 0 radical (unpaired) electrons. The molecule has 0 bridgehead atoms. The largest absolute Gasteiger partial charge is 0.487 e. The maximum absolute atomic E-state index is 12.7. The Kier molecular flexibility index (Phi) is 3.87. The fraction of sp³-hybridized carbons (Fsp3) is 0.0455. The van der Waals surface area contributed by atoms with Crippen LogP contribution in [0.25, 0.3) is 27.9 Å². The number of benzene rings is 2. The standard InChI is InChI=1S/C22H16N4O2/c27-21-12-11-16-19(26(21)22-24-17-7-1-2-8-18(17)25-22)9-5-10-20(16)28-14-15-6-3-4-13-23-15/h1-13H,14H2,(H,24,25). The second-order valence-electron chi connectivity index (χ2n) is 6.38. The van der Waals surface area contributed by atoms with Gasteiger partial charge in [-0.2, -0.15) is 0 Å². The van der Waals surface area contributed by atoms with E-state index in [4.69, 9.17) is 4.74 Å². The Morgan fingerprint density at radius 1 is 0.929 bits per heavy atom. The van der Waals surface area contributed by atoms with Gasteiger partial charge in [-0.15, -0.1) is 0 Å². The highest BCUT2D eigenvalue weighted by molar-refractivity contribution is 5.87. The minimum absolute atomic E-state index is 0.159. The van der Waals surface area contributed by atoms with Gasteiger partial charge in [0, 0.05) is 17.6 Å². The van der Waals surface area contributed by atoms with E-state index in [1.54, 1.807) is 16.8 Å². The van der Waals surface area contributed by atoms with Crippen LogP contribution in [-0.4, -0.2) is 19.5 Å². The first-order chi connectivity index (χ1) is 13.8. The number of para-hydroxylation sites is 2. The molecule has 6 heteroatoms. The first-order valence-corrected chi connectivity index (χ1v) is 8.92. The molecule has 3 aromatic heterocycles. The summed E-state index contributed by atoms with van der Waals surface area (Å²) in [5, 5.41) is 0.832. The van der Waals surface area contributed by atoms with Crippen LogP contribution in [-0.2, 0) is 6.61 Å². The van der Waals surface area contributed by atoms with Crippen molar-refractivity contribution in [3.8, 4) is 11.7 Å². The summed E-state index contributed by atoms with van der Waals surface area (Å²) in [7, 11) is 0. The first kappa shape index (κ1) is 16.3. The Morgan fingerprint density at radius 2 is 1.82 bits per heavy atom. The van der Waals surface area contributed by atoms with Gasteiger partial charge in [0.05, 0.1) is 22.2 Å². The van der Waals surface area contributed by atoms with E-state index in [-0.39, 0.29) is 5.56 Å². The lowest BCUT2D eigenvalue weighted by atomic mass is 10.2. The minimum atomic E-state index is -0.159. The van der Waals surface area contributed by atoms with Crippen molar-refractivity contribution in [3.63, 3.8) is 0 Å². The molecule has 0 aliphatic heterocycles. The molecule has 6 nitrogen and oxygen atoms in total. The van der Waals surface area contributed by atoms with Crippen LogP contribution >= 0.6 is 0 Å². The molecule has 0 atom stereocenters. The maximum Gasteiger partial charge on any atom is 0.257 e. The summed E-state index contributed by atoms with van der Waals surface area (Å²) in [4.78, 5) is 24.7. The number of aromatic nitrogens is 4. The number of imidazole rings is 1. The molecule has 0 fully saturated rings. The summed E-state index contributed by atoms with van der Waals surface area (Å²) in [5.74, 6) is 1.17. The van der Waals surface area contributed by atoms with E-state index in [2.05, 4.69) is 15.0 Å². The second kappa shape index (κ2) is 6.66. The normalized spacial score (nSPS) is 11.1. The Morgan fingerprint density at radius 3 is 2.68 bits per heavy atom. The average Bonchev–Trinajstić information content (AvgIpc) is 3.16. The van der Waals surface area contributed by atoms with Gasteiger partial charge in [0.25, 0.3) is 5.56 Å². The van der Waals surface area contributed by atoms with E-state index in [1.807, 2.05) is 60.7 Å². The summed E-state index contributed by atoms with van der Waals surface area (Å²) in [6.45, 7) is 0.351. The van der Waals surface area contributed by atoms with E-state index < -0.39 is 0 Å². The zero-order chi connectivity index (χ0) is 18.9. The van der Waals surface area contributed by atoms with Gasteiger partial charge in [0.1, 0.15) is 12.4 Å². The molecular weight excluding hydrogens is 352 g/mol. The molecule has 0 unspecified atom stereocenters. The van der Waals surface area contributed by atoms with Crippen molar-refractivity contribution in [3.05, 3.63) is 95.0 Å². The maximum atomic E-state index is 12.7. The predicted octanol–water partition coefficient (Wildman–Crippen LogP) is 3.84. The van der Waals surface area contributed by atoms with Crippen LogP contribution in [0, 0.1) is 0 Å². The van der Waals surface area contributed by atoms with Gasteiger partial charge in [-0.25, -0.2) is 9.55 Å². The van der Waals surface area contributed by atoms with E-state index in [9.17, 15) is 4.79 Å².